The molecule has 2 heterocycles. The highest BCUT2D eigenvalue weighted by Crippen LogP contribution is 2.23. The molecule has 0 radical (unpaired) electrons. The second kappa shape index (κ2) is 9.46. The van der Waals surface area contributed by atoms with E-state index < -0.39 is 12.2 Å². The molecule has 1 aliphatic rings. The predicted octanol–water partition coefficient (Wildman–Crippen LogP) is 1.48. The SMILES string of the molecule is CCOC(C(=O)N[C@H]1CC[C@H](OC(N)=O)CC1)c1cnc(-c2cnn(C)c2)cn1. The first kappa shape index (κ1) is 20.7. The zero-order valence-corrected chi connectivity index (χ0v) is 16.6. The van der Waals surface area contributed by atoms with Crippen LogP contribution in [0.15, 0.2) is 24.8 Å². The van der Waals surface area contributed by atoms with Gasteiger partial charge < -0.3 is 20.5 Å². The molecule has 3 N–H and O–H groups in total. The van der Waals surface area contributed by atoms with Gasteiger partial charge in [-0.25, -0.2) is 4.79 Å². The lowest BCUT2D eigenvalue weighted by atomic mass is 9.92. The number of aromatic nitrogens is 4. The van der Waals surface area contributed by atoms with Crippen LogP contribution in [0.1, 0.15) is 44.4 Å². The molecule has 10 nitrogen and oxygen atoms in total. The monoisotopic (exact) mass is 402 g/mol. The molecular weight excluding hydrogens is 376 g/mol. The number of primary amides is 1. The lowest BCUT2D eigenvalue weighted by molar-refractivity contribution is -0.134. The molecule has 2 aromatic heterocycles. The van der Waals surface area contributed by atoms with Gasteiger partial charge in [0.15, 0.2) is 6.10 Å². The van der Waals surface area contributed by atoms with Crippen LogP contribution in [0.3, 0.4) is 0 Å². The molecule has 0 bridgehead atoms. The van der Waals surface area contributed by atoms with Gasteiger partial charge in [0.2, 0.25) is 0 Å². The van der Waals surface area contributed by atoms with E-state index in [1.165, 1.54) is 0 Å². The van der Waals surface area contributed by atoms with E-state index >= 15 is 0 Å². The lowest BCUT2D eigenvalue weighted by Gasteiger charge is -2.29. The smallest absolute Gasteiger partial charge is 0.404 e. The Kier molecular flexibility index (Phi) is 6.76. The Hall–Kier alpha value is -3.01. The van der Waals surface area contributed by atoms with Gasteiger partial charge in [0.05, 0.1) is 30.0 Å². The summed E-state index contributed by atoms with van der Waals surface area (Å²) in [6, 6.07) is -0.0131. The number of amides is 2. The summed E-state index contributed by atoms with van der Waals surface area (Å²) in [7, 11) is 1.83. The largest absolute Gasteiger partial charge is 0.446 e. The van der Waals surface area contributed by atoms with Crippen molar-refractivity contribution < 1.29 is 19.1 Å². The van der Waals surface area contributed by atoms with Crippen molar-refractivity contribution in [2.45, 2.75) is 50.9 Å². The number of carbonyl (C=O) groups excluding carboxylic acids is 2. The van der Waals surface area contributed by atoms with Gasteiger partial charge in [-0.05, 0) is 32.6 Å². The summed E-state index contributed by atoms with van der Waals surface area (Å²) in [5.74, 6) is -0.255. The molecule has 2 aromatic rings. The number of aryl methyl sites for hydroxylation is 1. The molecule has 0 spiro atoms. The first-order valence-electron chi connectivity index (χ1n) is 9.65. The summed E-state index contributed by atoms with van der Waals surface area (Å²) in [5, 5.41) is 7.13. The molecule has 1 aliphatic carbocycles. The van der Waals surface area contributed by atoms with Crippen LogP contribution < -0.4 is 11.1 Å². The first-order valence-corrected chi connectivity index (χ1v) is 9.65. The van der Waals surface area contributed by atoms with Crippen LogP contribution in [0.2, 0.25) is 0 Å². The van der Waals surface area contributed by atoms with E-state index in [2.05, 4.69) is 20.4 Å². The summed E-state index contributed by atoms with van der Waals surface area (Å²) in [5.41, 5.74) is 7.02. The van der Waals surface area contributed by atoms with Gasteiger partial charge in [0.25, 0.3) is 5.91 Å². The fourth-order valence-electron chi connectivity index (χ4n) is 3.40. The number of nitrogens with two attached hydrogens (primary N) is 1. The predicted molar refractivity (Wildman–Crippen MR) is 103 cm³/mol. The summed E-state index contributed by atoms with van der Waals surface area (Å²) in [4.78, 5) is 32.4. The van der Waals surface area contributed by atoms with Crippen molar-refractivity contribution in [3.63, 3.8) is 0 Å². The van der Waals surface area contributed by atoms with Gasteiger partial charge >= 0.3 is 6.09 Å². The van der Waals surface area contributed by atoms with E-state index in [0.717, 1.165) is 5.56 Å². The highest BCUT2D eigenvalue weighted by Gasteiger charge is 2.29. The Morgan fingerprint density at radius 2 is 2.00 bits per heavy atom. The molecule has 156 valence electrons. The fourth-order valence-corrected chi connectivity index (χ4v) is 3.40. The number of nitrogens with one attached hydrogen (secondary N) is 1. The molecule has 1 saturated carbocycles. The van der Waals surface area contributed by atoms with Crippen LogP contribution in [-0.4, -0.2) is 50.5 Å². The Bertz CT molecular complexity index is 829. The van der Waals surface area contributed by atoms with E-state index in [9.17, 15) is 9.59 Å². The molecule has 1 atom stereocenters. The summed E-state index contributed by atoms with van der Waals surface area (Å²) in [6.45, 7) is 2.19. The minimum Gasteiger partial charge on any atom is -0.446 e. The fraction of sp³-hybridized carbons (Fsp3) is 0.526. The van der Waals surface area contributed by atoms with Gasteiger partial charge in [0, 0.05) is 31.5 Å². The molecule has 1 unspecified atom stereocenters. The van der Waals surface area contributed by atoms with Crippen molar-refractivity contribution in [3.05, 3.63) is 30.5 Å². The topological polar surface area (TPSA) is 134 Å². The molecular formula is C19H26N6O4. The van der Waals surface area contributed by atoms with E-state index in [4.69, 9.17) is 15.2 Å². The van der Waals surface area contributed by atoms with E-state index in [1.807, 2.05) is 20.2 Å². The number of hydrogen-bond acceptors (Lipinski definition) is 7. The Morgan fingerprint density at radius 3 is 2.55 bits per heavy atom. The standard InChI is InChI=1S/C19H26N6O4/c1-3-28-17(16-10-21-15(9-22-16)12-8-23-25(2)11-12)18(26)24-13-4-6-14(7-5-13)29-19(20)27/h8-11,13-14,17H,3-7H2,1-2H3,(H2,20,27)(H,24,26)/t13-,14-,17?. The van der Waals surface area contributed by atoms with Crippen molar-refractivity contribution in [1.29, 1.82) is 0 Å². The van der Waals surface area contributed by atoms with Crippen LogP contribution in [0, 0.1) is 0 Å². The second-order valence-electron chi connectivity index (χ2n) is 6.98. The third-order valence-electron chi connectivity index (χ3n) is 4.82. The van der Waals surface area contributed by atoms with Gasteiger partial charge in [-0.15, -0.1) is 0 Å². The van der Waals surface area contributed by atoms with Crippen molar-refractivity contribution in [2.75, 3.05) is 6.61 Å². The van der Waals surface area contributed by atoms with Crippen LogP contribution >= 0.6 is 0 Å². The average molecular weight is 402 g/mol. The number of nitrogens with zero attached hydrogens (tertiary/aromatic N) is 4. The maximum atomic E-state index is 12.8. The molecule has 2 amide bonds. The van der Waals surface area contributed by atoms with Crippen LogP contribution in [0.4, 0.5) is 4.79 Å². The van der Waals surface area contributed by atoms with E-state index in [0.29, 0.717) is 43.7 Å². The molecule has 29 heavy (non-hydrogen) atoms. The van der Waals surface area contributed by atoms with Crippen molar-refractivity contribution in [3.8, 4) is 11.3 Å². The van der Waals surface area contributed by atoms with Crippen LogP contribution in [0.25, 0.3) is 11.3 Å². The quantitative estimate of drug-likeness (QED) is 0.716. The summed E-state index contributed by atoms with van der Waals surface area (Å²) in [6.07, 6.45) is 7.65. The number of hydrogen-bond donors (Lipinski definition) is 2. The highest BCUT2D eigenvalue weighted by atomic mass is 16.6. The normalized spacial score (nSPS) is 20.1. The van der Waals surface area contributed by atoms with Crippen molar-refractivity contribution in [1.82, 2.24) is 25.1 Å². The minimum atomic E-state index is -0.838. The maximum Gasteiger partial charge on any atom is 0.404 e. The molecule has 3 rings (SSSR count). The molecule has 0 saturated heterocycles. The first-order chi connectivity index (χ1) is 14.0. The van der Waals surface area contributed by atoms with Gasteiger partial charge in [0.1, 0.15) is 6.10 Å². The Balaban J connectivity index is 1.61. The number of rotatable bonds is 7. The Morgan fingerprint density at radius 1 is 1.24 bits per heavy atom. The molecule has 0 aliphatic heterocycles. The maximum absolute atomic E-state index is 12.8. The third kappa shape index (κ3) is 5.50. The van der Waals surface area contributed by atoms with Gasteiger partial charge in [-0.1, -0.05) is 0 Å². The second-order valence-corrected chi connectivity index (χ2v) is 6.98. The summed E-state index contributed by atoms with van der Waals surface area (Å²) >= 11 is 0. The van der Waals surface area contributed by atoms with Gasteiger partial charge in [-0.2, -0.15) is 5.10 Å². The van der Waals surface area contributed by atoms with Crippen molar-refractivity contribution in [2.24, 2.45) is 12.8 Å². The van der Waals surface area contributed by atoms with Crippen LogP contribution in [-0.2, 0) is 21.3 Å². The molecule has 1 fully saturated rings. The molecule has 10 heteroatoms. The van der Waals surface area contributed by atoms with Gasteiger partial charge in [-0.3, -0.25) is 19.4 Å². The zero-order valence-electron chi connectivity index (χ0n) is 16.6. The summed E-state index contributed by atoms with van der Waals surface area (Å²) < 4.78 is 12.3. The average Bonchev–Trinajstić information content (AvgIpc) is 3.14. The molecule has 0 aromatic carbocycles. The number of ether oxygens (including phenoxy) is 2. The van der Waals surface area contributed by atoms with E-state index in [-0.39, 0.29) is 18.1 Å². The van der Waals surface area contributed by atoms with Crippen LogP contribution in [0.5, 0.6) is 0 Å². The minimum absolute atomic E-state index is 0.0131. The number of carbonyl (C=O) groups is 2. The van der Waals surface area contributed by atoms with E-state index in [1.54, 1.807) is 23.3 Å². The zero-order chi connectivity index (χ0) is 20.8. The lowest BCUT2D eigenvalue weighted by Crippen LogP contribution is -2.42. The Labute approximate surface area is 168 Å². The van der Waals surface area contributed by atoms with Crippen molar-refractivity contribution >= 4 is 12.0 Å². The highest BCUT2D eigenvalue weighted by molar-refractivity contribution is 5.82. The third-order valence-corrected chi connectivity index (χ3v) is 4.82.